The van der Waals surface area contributed by atoms with E-state index < -0.39 is 0 Å². The van der Waals surface area contributed by atoms with E-state index in [4.69, 9.17) is 16.3 Å². The Hall–Kier alpha value is -2.06. The lowest BCUT2D eigenvalue weighted by Gasteiger charge is -2.07. The minimum Gasteiger partial charge on any atom is -0.489 e. The highest BCUT2D eigenvalue weighted by Gasteiger charge is 1.99. The van der Waals surface area contributed by atoms with Gasteiger partial charge in [-0.15, -0.1) is 0 Å². The van der Waals surface area contributed by atoms with Crippen LogP contribution in [0.25, 0.3) is 6.08 Å². The zero-order chi connectivity index (χ0) is 17.9. The molecule has 3 heteroatoms. The van der Waals surface area contributed by atoms with E-state index in [-0.39, 0.29) is 5.78 Å². The molecular weight excluding hydrogens is 332 g/mol. The summed E-state index contributed by atoms with van der Waals surface area (Å²) in [5, 5.41) is 0.718. The molecule has 0 bridgehead atoms. The molecule has 0 aromatic heterocycles. The van der Waals surface area contributed by atoms with Crippen molar-refractivity contribution in [3.05, 3.63) is 70.8 Å². The summed E-state index contributed by atoms with van der Waals surface area (Å²) in [5.74, 6) is 0.969. The number of ketones is 1. The fourth-order valence-corrected chi connectivity index (χ4v) is 2.58. The van der Waals surface area contributed by atoms with Gasteiger partial charge in [0.05, 0.1) is 0 Å². The molecule has 2 aromatic rings. The first-order chi connectivity index (χ1) is 12.2. The third-order valence-corrected chi connectivity index (χ3v) is 4.17. The van der Waals surface area contributed by atoms with Crippen molar-refractivity contribution >= 4 is 23.5 Å². The van der Waals surface area contributed by atoms with Gasteiger partial charge in [0.25, 0.3) is 0 Å². The average molecular weight is 357 g/mol. The highest BCUT2D eigenvalue weighted by Crippen LogP contribution is 2.17. The number of unbranched alkanes of at least 4 members (excludes halogenated alkanes) is 3. The minimum absolute atomic E-state index is 0.184. The summed E-state index contributed by atoms with van der Waals surface area (Å²) in [4.78, 5) is 11.9. The lowest BCUT2D eigenvalue weighted by Crippen LogP contribution is -1.95. The molecule has 0 aliphatic heterocycles. The molecule has 2 aromatic carbocycles. The van der Waals surface area contributed by atoms with Crippen LogP contribution in [-0.4, -0.2) is 5.78 Å². The first-order valence-electron chi connectivity index (χ1n) is 8.85. The van der Waals surface area contributed by atoms with Gasteiger partial charge in [-0.05, 0) is 47.9 Å². The van der Waals surface area contributed by atoms with Crippen LogP contribution in [0.4, 0.5) is 0 Å². The molecule has 0 aliphatic carbocycles. The van der Waals surface area contributed by atoms with Gasteiger partial charge in [0.15, 0.2) is 5.78 Å². The number of hydrogen-bond donors (Lipinski definition) is 0. The number of ether oxygens (including phenoxy) is 1. The van der Waals surface area contributed by atoms with Crippen LogP contribution in [-0.2, 0) is 11.4 Å². The van der Waals surface area contributed by atoms with Gasteiger partial charge in [0.2, 0.25) is 0 Å². The molecule has 0 fully saturated rings. The highest BCUT2D eigenvalue weighted by atomic mass is 35.5. The average Bonchev–Trinajstić information content (AvgIpc) is 2.63. The van der Waals surface area contributed by atoms with Gasteiger partial charge >= 0.3 is 0 Å². The van der Waals surface area contributed by atoms with Gasteiger partial charge in [-0.1, -0.05) is 68.1 Å². The van der Waals surface area contributed by atoms with E-state index >= 15 is 0 Å². The monoisotopic (exact) mass is 356 g/mol. The van der Waals surface area contributed by atoms with E-state index in [2.05, 4.69) is 6.92 Å². The minimum atomic E-state index is 0.184. The van der Waals surface area contributed by atoms with Gasteiger partial charge < -0.3 is 4.74 Å². The van der Waals surface area contributed by atoms with Crippen LogP contribution in [0.15, 0.2) is 54.6 Å². The Balaban J connectivity index is 1.84. The highest BCUT2D eigenvalue weighted by molar-refractivity contribution is 6.30. The van der Waals surface area contributed by atoms with Crippen molar-refractivity contribution in [1.82, 2.24) is 0 Å². The second-order valence-electron chi connectivity index (χ2n) is 6.10. The number of carbonyl (C=O) groups is 1. The second kappa shape index (κ2) is 10.7. The van der Waals surface area contributed by atoms with Crippen LogP contribution >= 0.6 is 11.6 Å². The second-order valence-corrected chi connectivity index (χ2v) is 6.53. The fraction of sp³-hybridized carbons (Fsp3) is 0.318. The molecule has 0 spiro atoms. The van der Waals surface area contributed by atoms with Crippen molar-refractivity contribution in [3.8, 4) is 5.75 Å². The molecule has 132 valence electrons. The Morgan fingerprint density at radius 3 is 2.64 bits per heavy atom. The molecule has 0 aliphatic rings. The third kappa shape index (κ3) is 7.57. The quantitative estimate of drug-likeness (QED) is 0.360. The van der Waals surface area contributed by atoms with Gasteiger partial charge in [-0.25, -0.2) is 0 Å². The van der Waals surface area contributed by atoms with Crippen LogP contribution in [0.1, 0.15) is 50.2 Å². The normalized spacial score (nSPS) is 11.0. The maximum atomic E-state index is 11.9. The van der Waals surface area contributed by atoms with Crippen LogP contribution in [0.3, 0.4) is 0 Å². The number of hydrogen-bond acceptors (Lipinski definition) is 2. The smallest absolute Gasteiger partial charge is 0.155 e. The topological polar surface area (TPSA) is 26.3 Å². The van der Waals surface area contributed by atoms with Crippen LogP contribution in [0.2, 0.25) is 5.02 Å². The Labute approximate surface area is 155 Å². The Bertz CT molecular complexity index is 689. The molecule has 2 rings (SSSR count). The summed E-state index contributed by atoms with van der Waals surface area (Å²) < 4.78 is 5.81. The van der Waals surface area contributed by atoms with Crippen molar-refractivity contribution in [3.63, 3.8) is 0 Å². The third-order valence-electron chi connectivity index (χ3n) is 3.92. The predicted molar refractivity (Wildman–Crippen MR) is 105 cm³/mol. The number of benzene rings is 2. The van der Waals surface area contributed by atoms with Crippen molar-refractivity contribution < 1.29 is 9.53 Å². The van der Waals surface area contributed by atoms with Crippen LogP contribution < -0.4 is 4.74 Å². The van der Waals surface area contributed by atoms with Crippen molar-refractivity contribution in [2.75, 3.05) is 0 Å². The SMILES string of the molecule is CCCCCCC(=O)C=Cc1cccc(OCc2ccc(Cl)cc2)c1. The van der Waals surface area contributed by atoms with Crippen LogP contribution in [0, 0.1) is 0 Å². The number of rotatable bonds is 10. The van der Waals surface area contributed by atoms with Crippen molar-refractivity contribution in [2.24, 2.45) is 0 Å². The van der Waals surface area contributed by atoms with E-state index in [0.717, 1.165) is 34.7 Å². The molecule has 0 unspecified atom stereocenters. The van der Waals surface area contributed by atoms with Gasteiger partial charge in [-0.2, -0.15) is 0 Å². The molecule has 0 amide bonds. The van der Waals surface area contributed by atoms with Crippen LogP contribution in [0.5, 0.6) is 5.75 Å². The fourth-order valence-electron chi connectivity index (χ4n) is 2.45. The number of allylic oxidation sites excluding steroid dienone is 1. The first-order valence-corrected chi connectivity index (χ1v) is 9.23. The standard InChI is InChI=1S/C22H25ClO2/c1-2-3-4-5-8-21(24)15-12-18-7-6-9-22(16-18)25-17-19-10-13-20(23)14-11-19/h6-7,9-16H,2-5,8,17H2,1H3. The molecule has 0 atom stereocenters. The van der Waals surface area contributed by atoms with Gasteiger partial charge in [-0.3, -0.25) is 4.79 Å². The largest absolute Gasteiger partial charge is 0.489 e. The zero-order valence-corrected chi connectivity index (χ0v) is 15.5. The van der Waals surface area contributed by atoms with E-state index in [0.29, 0.717) is 13.0 Å². The number of carbonyl (C=O) groups excluding carboxylic acids is 1. The molecule has 0 radical (unpaired) electrons. The predicted octanol–water partition coefficient (Wildman–Crippen LogP) is 6.47. The van der Waals surface area contributed by atoms with E-state index in [1.807, 2.05) is 54.6 Å². The Morgan fingerprint density at radius 2 is 1.88 bits per heavy atom. The summed E-state index contributed by atoms with van der Waals surface area (Å²) >= 11 is 5.88. The Kier molecular flexibility index (Phi) is 8.27. The molecule has 2 nitrogen and oxygen atoms in total. The van der Waals surface area contributed by atoms with E-state index in [9.17, 15) is 4.79 Å². The van der Waals surface area contributed by atoms with Crippen molar-refractivity contribution in [1.29, 1.82) is 0 Å². The first kappa shape index (κ1) is 19.3. The molecule has 0 saturated heterocycles. The number of halogens is 1. The summed E-state index contributed by atoms with van der Waals surface area (Å²) in [6, 6.07) is 15.4. The molecular formula is C22H25ClO2. The summed E-state index contributed by atoms with van der Waals surface area (Å²) in [7, 11) is 0. The van der Waals surface area contributed by atoms with E-state index in [1.165, 1.54) is 12.8 Å². The Morgan fingerprint density at radius 1 is 1.08 bits per heavy atom. The maximum Gasteiger partial charge on any atom is 0.155 e. The molecule has 0 N–H and O–H groups in total. The molecule has 0 saturated carbocycles. The van der Waals surface area contributed by atoms with Gasteiger partial charge in [0.1, 0.15) is 12.4 Å². The summed E-state index contributed by atoms with van der Waals surface area (Å²) in [5.41, 5.74) is 2.03. The zero-order valence-electron chi connectivity index (χ0n) is 14.7. The lowest BCUT2D eigenvalue weighted by atomic mass is 10.1. The molecule has 25 heavy (non-hydrogen) atoms. The molecule has 0 heterocycles. The summed E-state index contributed by atoms with van der Waals surface area (Å²) in [6.07, 6.45) is 8.65. The van der Waals surface area contributed by atoms with Crippen molar-refractivity contribution in [2.45, 2.75) is 45.6 Å². The maximum absolute atomic E-state index is 11.9. The lowest BCUT2D eigenvalue weighted by molar-refractivity contribution is -0.114. The van der Waals surface area contributed by atoms with E-state index in [1.54, 1.807) is 6.08 Å². The summed E-state index contributed by atoms with van der Waals surface area (Å²) in [6.45, 7) is 2.66. The van der Waals surface area contributed by atoms with Gasteiger partial charge in [0, 0.05) is 11.4 Å².